The summed E-state index contributed by atoms with van der Waals surface area (Å²) in [7, 11) is 0. The number of aromatic nitrogens is 2. The maximum Gasteiger partial charge on any atom is 0.204 e. The zero-order chi connectivity index (χ0) is 12.8. The molecule has 0 saturated heterocycles. The lowest BCUT2D eigenvalue weighted by atomic mass is 10.1. The van der Waals surface area contributed by atoms with Crippen molar-refractivity contribution in [3.63, 3.8) is 0 Å². The molecule has 0 bridgehead atoms. The van der Waals surface area contributed by atoms with E-state index >= 15 is 0 Å². The molecule has 2 rings (SSSR count). The van der Waals surface area contributed by atoms with Crippen LogP contribution in [0.25, 0.3) is 0 Å². The van der Waals surface area contributed by atoms with Crippen molar-refractivity contribution in [2.45, 2.75) is 6.42 Å². The molecular formula is C12H14N4OS. The van der Waals surface area contributed by atoms with E-state index in [9.17, 15) is 4.79 Å². The molecule has 0 aliphatic carbocycles. The monoisotopic (exact) mass is 262 g/mol. The summed E-state index contributed by atoms with van der Waals surface area (Å²) in [5.74, 6) is -0.0261. The van der Waals surface area contributed by atoms with Crippen molar-refractivity contribution in [2.75, 3.05) is 18.4 Å². The van der Waals surface area contributed by atoms with Crippen LogP contribution in [0.2, 0.25) is 0 Å². The van der Waals surface area contributed by atoms with Crippen LogP contribution >= 0.6 is 11.3 Å². The molecule has 94 valence electrons. The molecule has 2 heterocycles. The molecule has 2 aromatic heterocycles. The quantitative estimate of drug-likeness (QED) is 0.609. The Morgan fingerprint density at radius 2 is 2.17 bits per heavy atom. The number of hydrogen-bond acceptors (Lipinski definition) is 6. The number of thiazole rings is 1. The van der Waals surface area contributed by atoms with Gasteiger partial charge in [0.05, 0.1) is 11.1 Å². The number of carbonyl (C=O) groups excluding carboxylic acids is 1. The Balaban J connectivity index is 2.04. The summed E-state index contributed by atoms with van der Waals surface area (Å²) in [5, 5.41) is 3.89. The summed E-state index contributed by atoms with van der Waals surface area (Å²) in [6, 6.07) is 3.40. The van der Waals surface area contributed by atoms with Crippen LogP contribution in [0.3, 0.4) is 0 Å². The third-order valence-corrected chi connectivity index (χ3v) is 3.28. The number of carbonyl (C=O) groups is 1. The van der Waals surface area contributed by atoms with Crippen molar-refractivity contribution in [2.24, 2.45) is 5.73 Å². The highest BCUT2D eigenvalue weighted by atomic mass is 32.1. The van der Waals surface area contributed by atoms with Crippen LogP contribution in [0.4, 0.5) is 5.13 Å². The molecule has 0 amide bonds. The number of pyridine rings is 1. The molecule has 3 N–H and O–H groups in total. The molecule has 0 saturated carbocycles. The van der Waals surface area contributed by atoms with Crippen LogP contribution in [-0.4, -0.2) is 28.8 Å². The van der Waals surface area contributed by atoms with E-state index in [1.165, 1.54) is 11.3 Å². The Bertz CT molecular complexity index is 512. The average Bonchev–Trinajstić information content (AvgIpc) is 2.88. The van der Waals surface area contributed by atoms with Gasteiger partial charge in [-0.15, -0.1) is 0 Å². The minimum Gasteiger partial charge on any atom is -0.361 e. The molecule has 0 aromatic carbocycles. The number of nitrogens with one attached hydrogen (secondary N) is 1. The van der Waals surface area contributed by atoms with Gasteiger partial charge < -0.3 is 11.1 Å². The summed E-state index contributed by atoms with van der Waals surface area (Å²) in [6.45, 7) is 1.41. The van der Waals surface area contributed by atoms with Crippen LogP contribution in [0, 0.1) is 0 Å². The highest BCUT2D eigenvalue weighted by Gasteiger charge is 2.12. The van der Waals surface area contributed by atoms with Gasteiger partial charge >= 0.3 is 0 Å². The summed E-state index contributed by atoms with van der Waals surface area (Å²) in [4.78, 5) is 20.8. The van der Waals surface area contributed by atoms with E-state index in [-0.39, 0.29) is 5.78 Å². The van der Waals surface area contributed by atoms with Gasteiger partial charge in [0.15, 0.2) is 5.13 Å². The van der Waals surface area contributed by atoms with Crippen molar-refractivity contribution >= 4 is 22.3 Å². The van der Waals surface area contributed by atoms with Crippen LogP contribution < -0.4 is 11.1 Å². The second-order valence-electron chi connectivity index (χ2n) is 3.66. The molecule has 2 aromatic rings. The van der Waals surface area contributed by atoms with Gasteiger partial charge in [-0.1, -0.05) is 11.3 Å². The third-order valence-electron chi connectivity index (χ3n) is 2.33. The fraction of sp³-hybridized carbons (Fsp3) is 0.250. The molecule has 0 fully saturated rings. The maximum absolute atomic E-state index is 12.1. The van der Waals surface area contributed by atoms with Crippen LogP contribution in [0.15, 0.2) is 30.7 Å². The fourth-order valence-corrected chi connectivity index (χ4v) is 2.21. The van der Waals surface area contributed by atoms with Crippen molar-refractivity contribution < 1.29 is 4.79 Å². The maximum atomic E-state index is 12.1. The van der Waals surface area contributed by atoms with Crippen molar-refractivity contribution in [3.8, 4) is 0 Å². The molecule has 18 heavy (non-hydrogen) atoms. The average molecular weight is 262 g/mol. The molecule has 6 heteroatoms. The van der Waals surface area contributed by atoms with Crippen molar-refractivity contribution in [1.29, 1.82) is 0 Å². The van der Waals surface area contributed by atoms with E-state index in [1.807, 2.05) is 0 Å². The lowest BCUT2D eigenvalue weighted by Crippen LogP contribution is -2.07. The minimum atomic E-state index is -0.0261. The molecule has 5 nitrogen and oxygen atoms in total. The second kappa shape index (κ2) is 6.23. The van der Waals surface area contributed by atoms with Gasteiger partial charge in [0.25, 0.3) is 0 Å². The fourth-order valence-electron chi connectivity index (χ4n) is 1.40. The van der Waals surface area contributed by atoms with E-state index in [2.05, 4.69) is 15.3 Å². The standard InChI is InChI=1S/C12H14N4OS/c13-4-1-5-15-12-16-8-10(18-12)11(17)9-2-6-14-7-3-9/h2-3,6-8H,1,4-5,13H2,(H,15,16). The summed E-state index contributed by atoms with van der Waals surface area (Å²) in [5.41, 5.74) is 6.03. The van der Waals surface area contributed by atoms with E-state index < -0.39 is 0 Å². The van der Waals surface area contributed by atoms with E-state index in [4.69, 9.17) is 5.73 Å². The van der Waals surface area contributed by atoms with E-state index in [1.54, 1.807) is 30.7 Å². The third kappa shape index (κ3) is 3.12. The van der Waals surface area contributed by atoms with Gasteiger partial charge in [0, 0.05) is 24.5 Å². The lowest BCUT2D eigenvalue weighted by molar-refractivity contribution is 0.104. The predicted molar refractivity (Wildman–Crippen MR) is 71.9 cm³/mol. The van der Waals surface area contributed by atoms with Gasteiger partial charge in [-0.25, -0.2) is 4.98 Å². The highest BCUT2D eigenvalue weighted by molar-refractivity contribution is 7.17. The Kier molecular flexibility index (Phi) is 4.38. The number of nitrogens with two attached hydrogens (primary N) is 1. The molecular weight excluding hydrogens is 248 g/mol. The first-order valence-electron chi connectivity index (χ1n) is 5.66. The van der Waals surface area contributed by atoms with Gasteiger partial charge in [-0.3, -0.25) is 9.78 Å². The topological polar surface area (TPSA) is 80.9 Å². The SMILES string of the molecule is NCCCNc1ncc(C(=O)c2ccncc2)s1. The second-order valence-corrected chi connectivity index (χ2v) is 4.69. The van der Waals surface area contributed by atoms with Crippen LogP contribution in [0.5, 0.6) is 0 Å². The van der Waals surface area contributed by atoms with Crippen molar-refractivity contribution in [1.82, 2.24) is 9.97 Å². The Labute approximate surface area is 109 Å². The molecule has 0 unspecified atom stereocenters. The molecule has 0 aliphatic heterocycles. The first-order chi connectivity index (χ1) is 8.81. The van der Waals surface area contributed by atoms with Crippen LogP contribution in [-0.2, 0) is 0 Å². The summed E-state index contributed by atoms with van der Waals surface area (Å²) in [6.07, 6.45) is 5.69. The molecule has 0 aliphatic rings. The number of ketones is 1. The lowest BCUT2D eigenvalue weighted by Gasteiger charge is -1.99. The number of anilines is 1. The normalized spacial score (nSPS) is 10.3. The molecule has 0 atom stereocenters. The molecule has 0 radical (unpaired) electrons. The van der Waals surface area contributed by atoms with Crippen molar-refractivity contribution in [3.05, 3.63) is 41.2 Å². The zero-order valence-electron chi connectivity index (χ0n) is 9.80. The Morgan fingerprint density at radius 3 is 2.89 bits per heavy atom. The summed E-state index contributed by atoms with van der Waals surface area (Å²) >= 11 is 1.35. The number of hydrogen-bond donors (Lipinski definition) is 2. The van der Waals surface area contributed by atoms with E-state index in [0.29, 0.717) is 17.0 Å². The van der Waals surface area contributed by atoms with Crippen LogP contribution in [0.1, 0.15) is 21.7 Å². The van der Waals surface area contributed by atoms with Gasteiger partial charge in [-0.2, -0.15) is 0 Å². The first kappa shape index (κ1) is 12.7. The number of nitrogens with zero attached hydrogens (tertiary/aromatic N) is 2. The Morgan fingerprint density at radius 1 is 1.39 bits per heavy atom. The summed E-state index contributed by atoms with van der Waals surface area (Å²) < 4.78 is 0. The smallest absolute Gasteiger partial charge is 0.204 e. The van der Waals surface area contributed by atoms with Gasteiger partial charge in [0.1, 0.15) is 0 Å². The first-order valence-corrected chi connectivity index (χ1v) is 6.47. The zero-order valence-corrected chi connectivity index (χ0v) is 10.6. The minimum absolute atomic E-state index is 0.0261. The van der Waals surface area contributed by atoms with Gasteiger partial charge in [-0.05, 0) is 25.1 Å². The number of rotatable bonds is 6. The Hall–Kier alpha value is -1.79. The highest BCUT2D eigenvalue weighted by Crippen LogP contribution is 2.20. The predicted octanol–water partition coefficient (Wildman–Crippen LogP) is 1.53. The van der Waals surface area contributed by atoms with Gasteiger partial charge in [0.2, 0.25) is 5.78 Å². The largest absolute Gasteiger partial charge is 0.361 e. The molecule has 0 spiro atoms. The van der Waals surface area contributed by atoms with E-state index in [0.717, 1.165) is 18.1 Å².